The van der Waals surface area contributed by atoms with Crippen LogP contribution in [0.5, 0.6) is 0 Å². The summed E-state index contributed by atoms with van der Waals surface area (Å²) in [4.78, 5) is 17.2. The molecule has 0 aliphatic carbocycles. The maximum Gasteiger partial charge on any atom is 0.404 e. The summed E-state index contributed by atoms with van der Waals surface area (Å²) < 4.78 is 7.85. The van der Waals surface area contributed by atoms with Crippen molar-refractivity contribution in [3.8, 4) is 0 Å². The van der Waals surface area contributed by atoms with E-state index in [0.717, 1.165) is 34.6 Å². The molecule has 2 N–H and O–H groups in total. The molecule has 0 aromatic carbocycles. The lowest BCUT2D eigenvalue weighted by atomic mass is 10.1. The van der Waals surface area contributed by atoms with Crippen molar-refractivity contribution < 1.29 is 9.53 Å². The number of halogens is 1. The van der Waals surface area contributed by atoms with Gasteiger partial charge in [-0.1, -0.05) is 0 Å². The molecule has 0 bridgehead atoms. The highest BCUT2D eigenvalue weighted by molar-refractivity contribution is 14.1. The summed E-state index contributed by atoms with van der Waals surface area (Å²) in [5, 5.41) is 4.57. The van der Waals surface area contributed by atoms with Crippen molar-refractivity contribution in [1.29, 1.82) is 0 Å². The van der Waals surface area contributed by atoms with E-state index in [1.54, 1.807) is 10.7 Å². The van der Waals surface area contributed by atoms with Crippen LogP contribution in [0.3, 0.4) is 0 Å². The Hall–Kier alpha value is -1.58. The zero-order chi connectivity index (χ0) is 14.1. The maximum atomic E-state index is 10.8. The highest BCUT2D eigenvalue weighted by atomic mass is 127. The second-order valence-electron chi connectivity index (χ2n) is 4.69. The molecule has 1 atom stereocenters. The minimum Gasteiger partial charge on any atom is -0.445 e. The maximum absolute atomic E-state index is 10.8. The summed E-state index contributed by atoms with van der Waals surface area (Å²) >= 11 is 2.19. The molecule has 1 aliphatic heterocycles. The molecule has 3 rings (SSSR count). The molecule has 0 spiro atoms. The Bertz CT molecular complexity index is 644. The highest BCUT2D eigenvalue weighted by Crippen LogP contribution is 2.20. The van der Waals surface area contributed by atoms with Crippen LogP contribution in [0.4, 0.5) is 10.6 Å². The van der Waals surface area contributed by atoms with E-state index < -0.39 is 6.09 Å². The number of carbonyl (C=O) groups is 1. The van der Waals surface area contributed by atoms with E-state index >= 15 is 0 Å². The SMILES string of the molecule is NC(=O)O[C@H]1CCCN(c2ccc3ncc(I)n3n2)C1. The van der Waals surface area contributed by atoms with Crippen LogP contribution in [0.1, 0.15) is 12.8 Å². The van der Waals surface area contributed by atoms with Crippen molar-refractivity contribution in [2.24, 2.45) is 5.73 Å². The molecule has 0 radical (unpaired) electrons. The molecule has 7 nitrogen and oxygen atoms in total. The van der Waals surface area contributed by atoms with Gasteiger partial charge in [0, 0.05) is 6.54 Å². The number of anilines is 1. The fourth-order valence-electron chi connectivity index (χ4n) is 2.41. The van der Waals surface area contributed by atoms with Gasteiger partial charge in [0.25, 0.3) is 0 Å². The summed E-state index contributed by atoms with van der Waals surface area (Å²) in [6, 6.07) is 3.87. The van der Waals surface area contributed by atoms with Crippen molar-refractivity contribution in [3.05, 3.63) is 22.0 Å². The molecule has 1 aliphatic rings. The average molecular weight is 387 g/mol. The van der Waals surface area contributed by atoms with Crippen molar-refractivity contribution >= 4 is 40.1 Å². The summed E-state index contributed by atoms with van der Waals surface area (Å²) in [6.07, 6.45) is 2.68. The standard InChI is InChI=1S/C12H14IN5O2/c13-9-6-15-10-3-4-11(16-18(9)10)17-5-1-2-8(7-17)20-12(14)19/h3-4,6,8H,1-2,5,7H2,(H2,14,19)/t8-/m0/s1. The number of nitrogens with zero attached hydrogens (tertiary/aromatic N) is 4. The van der Waals surface area contributed by atoms with E-state index in [1.165, 1.54) is 0 Å². The molecule has 1 saturated heterocycles. The Kier molecular flexibility index (Phi) is 3.64. The molecule has 0 unspecified atom stereocenters. The number of amides is 1. The number of rotatable bonds is 2. The lowest BCUT2D eigenvalue weighted by Crippen LogP contribution is -2.42. The van der Waals surface area contributed by atoms with E-state index in [9.17, 15) is 4.79 Å². The van der Waals surface area contributed by atoms with Crippen molar-refractivity contribution in [3.63, 3.8) is 0 Å². The predicted octanol–water partition coefficient (Wildman–Crippen LogP) is 1.40. The number of hydrogen-bond acceptors (Lipinski definition) is 5. The third kappa shape index (κ3) is 2.65. The third-order valence-corrected chi connectivity index (χ3v) is 4.03. The van der Waals surface area contributed by atoms with Crippen LogP contribution < -0.4 is 10.6 Å². The molecule has 106 valence electrons. The van der Waals surface area contributed by atoms with Gasteiger partial charge in [-0.05, 0) is 47.6 Å². The third-order valence-electron chi connectivity index (χ3n) is 3.29. The van der Waals surface area contributed by atoms with Gasteiger partial charge in [-0.3, -0.25) is 0 Å². The Morgan fingerprint density at radius 1 is 1.50 bits per heavy atom. The molecule has 1 amide bonds. The first-order chi connectivity index (χ1) is 9.63. The molecular weight excluding hydrogens is 373 g/mol. The second-order valence-corrected chi connectivity index (χ2v) is 5.79. The smallest absolute Gasteiger partial charge is 0.404 e. The Balaban J connectivity index is 1.82. The number of piperidine rings is 1. The topological polar surface area (TPSA) is 85.8 Å². The van der Waals surface area contributed by atoms with Gasteiger partial charge in [0.1, 0.15) is 15.6 Å². The minimum absolute atomic E-state index is 0.166. The van der Waals surface area contributed by atoms with Crippen molar-refractivity contribution in [2.75, 3.05) is 18.0 Å². The number of carbonyl (C=O) groups excluding carboxylic acids is 1. The van der Waals surface area contributed by atoms with Crippen LogP contribution in [0.15, 0.2) is 18.3 Å². The summed E-state index contributed by atoms with van der Waals surface area (Å²) in [6.45, 7) is 1.51. The van der Waals surface area contributed by atoms with Gasteiger partial charge in [-0.25, -0.2) is 14.3 Å². The van der Waals surface area contributed by atoms with Crippen LogP contribution >= 0.6 is 22.6 Å². The molecule has 2 aromatic rings. The highest BCUT2D eigenvalue weighted by Gasteiger charge is 2.23. The molecule has 20 heavy (non-hydrogen) atoms. The van der Waals surface area contributed by atoms with Crippen LogP contribution in [-0.4, -0.2) is 39.9 Å². The van der Waals surface area contributed by atoms with Crippen molar-refractivity contribution in [2.45, 2.75) is 18.9 Å². The number of primary amides is 1. The number of hydrogen-bond donors (Lipinski definition) is 1. The molecular formula is C12H14IN5O2. The fourth-order valence-corrected chi connectivity index (χ4v) is 2.91. The lowest BCUT2D eigenvalue weighted by molar-refractivity contribution is 0.0964. The fraction of sp³-hybridized carbons (Fsp3) is 0.417. The number of nitrogens with two attached hydrogens (primary N) is 1. The quantitative estimate of drug-likeness (QED) is 0.788. The minimum atomic E-state index is -0.718. The second kappa shape index (κ2) is 5.43. The number of aromatic nitrogens is 3. The number of imidazole rings is 1. The van der Waals surface area contributed by atoms with Crippen LogP contribution in [-0.2, 0) is 4.74 Å². The Labute approximate surface area is 129 Å². The van der Waals surface area contributed by atoms with Gasteiger partial charge >= 0.3 is 6.09 Å². The van der Waals surface area contributed by atoms with E-state index in [4.69, 9.17) is 10.5 Å². The first-order valence-electron chi connectivity index (χ1n) is 6.35. The van der Waals surface area contributed by atoms with E-state index in [1.807, 2.05) is 12.1 Å². The summed E-state index contributed by atoms with van der Waals surface area (Å²) in [5.74, 6) is 0.853. The van der Waals surface area contributed by atoms with Gasteiger partial charge in [0.15, 0.2) is 5.65 Å². The summed E-state index contributed by atoms with van der Waals surface area (Å²) in [5.41, 5.74) is 5.90. The van der Waals surface area contributed by atoms with Gasteiger partial charge in [-0.2, -0.15) is 0 Å². The zero-order valence-electron chi connectivity index (χ0n) is 10.7. The largest absolute Gasteiger partial charge is 0.445 e. The molecule has 8 heteroatoms. The molecule has 1 fully saturated rings. The molecule has 2 aromatic heterocycles. The lowest BCUT2D eigenvalue weighted by Gasteiger charge is -2.32. The zero-order valence-corrected chi connectivity index (χ0v) is 12.9. The number of fused-ring (bicyclic) bond motifs is 1. The van der Waals surface area contributed by atoms with Gasteiger partial charge < -0.3 is 15.4 Å². The first kappa shape index (κ1) is 13.4. The van der Waals surface area contributed by atoms with Crippen LogP contribution in [0, 0.1) is 3.70 Å². The van der Waals surface area contributed by atoms with E-state index in [2.05, 4.69) is 37.6 Å². The Morgan fingerprint density at radius 2 is 2.35 bits per heavy atom. The average Bonchev–Trinajstić information content (AvgIpc) is 2.80. The molecule has 3 heterocycles. The van der Waals surface area contributed by atoms with Gasteiger partial charge in [0.05, 0.1) is 12.7 Å². The first-order valence-corrected chi connectivity index (χ1v) is 7.42. The normalized spacial score (nSPS) is 19.2. The predicted molar refractivity (Wildman–Crippen MR) is 81.6 cm³/mol. The number of ether oxygens (including phenoxy) is 1. The van der Waals surface area contributed by atoms with Crippen molar-refractivity contribution in [1.82, 2.24) is 14.6 Å². The van der Waals surface area contributed by atoms with E-state index in [0.29, 0.717) is 6.54 Å². The van der Waals surface area contributed by atoms with Crippen LogP contribution in [0.2, 0.25) is 0 Å². The van der Waals surface area contributed by atoms with Gasteiger partial charge in [0.2, 0.25) is 0 Å². The van der Waals surface area contributed by atoms with Gasteiger partial charge in [-0.15, -0.1) is 5.10 Å². The van der Waals surface area contributed by atoms with Crippen LogP contribution in [0.25, 0.3) is 5.65 Å². The Morgan fingerprint density at radius 3 is 3.15 bits per heavy atom. The van der Waals surface area contributed by atoms with E-state index in [-0.39, 0.29) is 6.10 Å². The monoisotopic (exact) mass is 387 g/mol. The molecule has 0 saturated carbocycles. The summed E-state index contributed by atoms with van der Waals surface area (Å²) in [7, 11) is 0.